The van der Waals surface area contributed by atoms with Crippen LogP contribution in [-0.2, 0) is 5.41 Å². The van der Waals surface area contributed by atoms with E-state index in [-0.39, 0.29) is 5.41 Å². The van der Waals surface area contributed by atoms with Crippen LogP contribution in [0.3, 0.4) is 0 Å². The van der Waals surface area contributed by atoms with Crippen LogP contribution in [0.4, 0.5) is 0 Å². The molecule has 0 amide bonds. The van der Waals surface area contributed by atoms with Crippen molar-refractivity contribution < 1.29 is 4.42 Å². The molecule has 1 aliphatic rings. The predicted molar refractivity (Wildman–Crippen MR) is 276 cm³/mol. The molecule has 5 nitrogen and oxygen atoms in total. The van der Waals surface area contributed by atoms with Gasteiger partial charge in [-0.1, -0.05) is 190 Å². The van der Waals surface area contributed by atoms with E-state index >= 15 is 0 Å². The first-order valence-corrected chi connectivity index (χ1v) is 22.9. The molecule has 0 bridgehead atoms. The minimum Gasteiger partial charge on any atom is -0.456 e. The van der Waals surface area contributed by atoms with Gasteiger partial charge in [-0.05, 0) is 90.8 Å². The number of furan rings is 1. The lowest BCUT2D eigenvalue weighted by molar-refractivity contribution is 0.660. The number of rotatable bonds is 5. The van der Waals surface area contributed by atoms with Crippen LogP contribution in [0.25, 0.3) is 127 Å². The van der Waals surface area contributed by atoms with Crippen LogP contribution in [0.15, 0.2) is 211 Å². The maximum Gasteiger partial charge on any atom is 0.238 e. The highest BCUT2D eigenvalue weighted by molar-refractivity contribution is 6.24. The van der Waals surface area contributed by atoms with Crippen LogP contribution >= 0.6 is 0 Å². The summed E-state index contributed by atoms with van der Waals surface area (Å²) in [5, 5.41) is 9.16. The minimum atomic E-state index is -0.0969. The molecule has 14 rings (SSSR count). The lowest BCUT2D eigenvalue weighted by Gasteiger charge is -2.22. The molecule has 0 saturated carbocycles. The molecular formula is C62H40N4O. The molecule has 314 valence electrons. The smallest absolute Gasteiger partial charge is 0.238 e. The normalized spacial score (nSPS) is 13.0. The van der Waals surface area contributed by atoms with Crippen molar-refractivity contribution in [3.05, 3.63) is 217 Å². The molecule has 0 aliphatic heterocycles. The van der Waals surface area contributed by atoms with E-state index in [9.17, 15) is 0 Å². The van der Waals surface area contributed by atoms with Gasteiger partial charge in [0.15, 0.2) is 11.6 Å². The first-order valence-electron chi connectivity index (χ1n) is 22.9. The third kappa shape index (κ3) is 5.58. The van der Waals surface area contributed by atoms with Gasteiger partial charge < -0.3 is 4.42 Å². The van der Waals surface area contributed by atoms with Crippen LogP contribution in [-0.4, -0.2) is 19.5 Å². The van der Waals surface area contributed by atoms with E-state index in [1.165, 1.54) is 54.9 Å². The van der Waals surface area contributed by atoms with E-state index in [4.69, 9.17) is 19.4 Å². The van der Waals surface area contributed by atoms with E-state index in [2.05, 4.69) is 188 Å². The molecule has 0 spiro atoms. The first-order chi connectivity index (χ1) is 33.0. The molecule has 3 aromatic heterocycles. The summed E-state index contributed by atoms with van der Waals surface area (Å²) in [5.74, 6) is 1.70. The van der Waals surface area contributed by atoms with Crippen molar-refractivity contribution in [1.82, 2.24) is 19.5 Å². The van der Waals surface area contributed by atoms with Gasteiger partial charge in [0.05, 0.1) is 11.0 Å². The van der Waals surface area contributed by atoms with Crippen LogP contribution in [0.1, 0.15) is 25.0 Å². The van der Waals surface area contributed by atoms with Crippen molar-refractivity contribution in [2.24, 2.45) is 0 Å². The van der Waals surface area contributed by atoms with Crippen molar-refractivity contribution in [3.63, 3.8) is 0 Å². The van der Waals surface area contributed by atoms with Crippen LogP contribution < -0.4 is 0 Å². The fourth-order valence-electron chi connectivity index (χ4n) is 11.1. The Hall–Kier alpha value is -8.67. The highest BCUT2D eigenvalue weighted by Gasteiger charge is 2.35. The predicted octanol–water partition coefficient (Wildman–Crippen LogP) is 16.1. The summed E-state index contributed by atoms with van der Waals surface area (Å²) in [6.45, 7) is 4.70. The Morgan fingerprint density at radius 3 is 1.88 bits per heavy atom. The molecule has 0 radical (unpaired) electrons. The SMILES string of the molecule is CC1(C)c2ccccc2-c2ccc(-c3cccc4c(-c5cccc6c7c8ccccc8ccc7n(-c7nc(-c8ccccc8)nc(-c8ccc9c(c8)oc8ccccc89)n7)c56)cccc34)cc21. The second-order valence-corrected chi connectivity index (χ2v) is 18.3. The molecule has 0 N–H and O–H groups in total. The molecule has 5 heteroatoms. The van der Waals surface area contributed by atoms with Gasteiger partial charge in [-0.3, -0.25) is 4.57 Å². The topological polar surface area (TPSA) is 56.7 Å². The van der Waals surface area contributed by atoms with Gasteiger partial charge in [-0.15, -0.1) is 0 Å². The number of aromatic nitrogens is 4. The van der Waals surface area contributed by atoms with E-state index in [1.807, 2.05) is 36.4 Å². The van der Waals surface area contributed by atoms with E-state index in [0.29, 0.717) is 17.6 Å². The number of hydrogen-bond acceptors (Lipinski definition) is 4. The lowest BCUT2D eigenvalue weighted by atomic mass is 9.81. The van der Waals surface area contributed by atoms with Gasteiger partial charge in [-0.25, -0.2) is 4.98 Å². The molecule has 13 aromatic rings. The fourth-order valence-corrected chi connectivity index (χ4v) is 11.1. The molecule has 3 heterocycles. The zero-order chi connectivity index (χ0) is 44.4. The monoisotopic (exact) mass is 856 g/mol. The Morgan fingerprint density at radius 1 is 0.388 bits per heavy atom. The Bertz CT molecular complexity index is 4200. The lowest BCUT2D eigenvalue weighted by Crippen LogP contribution is -2.14. The van der Waals surface area contributed by atoms with Crippen LogP contribution in [0.5, 0.6) is 0 Å². The highest BCUT2D eigenvalue weighted by atomic mass is 16.3. The van der Waals surface area contributed by atoms with E-state index < -0.39 is 0 Å². The minimum absolute atomic E-state index is 0.0969. The van der Waals surface area contributed by atoms with E-state index in [0.717, 1.165) is 66.0 Å². The molecule has 67 heavy (non-hydrogen) atoms. The van der Waals surface area contributed by atoms with Crippen LogP contribution in [0.2, 0.25) is 0 Å². The third-order valence-electron chi connectivity index (χ3n) is 14.3. The average Bonchev–Trinajstić information content (AvgIpc) is 4.01. The maximum absolute atomic E-state index is 6.39. The second-order valence-electron chi connectivity index (χ2n) is 18.3. The quantitative estimate of drug-likeness (QED) is 0.173. The molecule has 0 fully saturated rings. The van der Waals surface area contributed by atoms with Gasteiger partial charge in [-0.2, -0.15) is 9.97 Å². The number of hydrogen-bond donors (Lipinski definition) is 0. The van der Waals surface area contributed by atoms with Gasteiger partial charge in [0.25, 0.3) is 0 Å². The van der Waals surface area contributed by atoms with Crippen LogP contribution in [0, 0.1) is 0 Å². The Labute approximate surface area is 386 Å². The molecule has 0 saturated heterocycles. The second kappa shape index (κ2) is 14.2. The molecule has 10 aromatic carbocycles. The Morgan fingerprint density at radius 2 is 1.01 bits per heavy atom. The number of para-hydroxylation sites is 2. The summed E-state index contributed by atoms with van der Waals surface area (Å²) < 4.78 is 8.66. The van der Waals surface area contributed by atoms with Gasteiger partial charge in [0, 0.05) is 43.7 Å². The van der Waals surface area contributed by atoms with Crippen molar-refractivity contribution in [3.8, 4) is 62.1 Å². The molecule has 0 unspecified atom stereocenters. The van der Waals surface area contributed by atoms with E-state index in [1.54, 1.807) is 0 Å². The largest absolute Gasteiger partial charge is 0.456 e. The molecule has 1 aliphatic carbocycles. The molecule has 0 atom stereocenters. The summed E-state index contributed by atoms with van der Waals surface area (Å²) in [7, 11) is 0. The zero-order valence-corrected chi connectivity index (χ0v) is 36.8. The van der Waals surface area contributed by atoms with Gasteiger partial charge in [0.1, 0.15) is 11.2 Å². The van der Waals surface area contributed by atoms with Gasteiger partial charge in [0.2, 0.25) is 5.95 Å². The average molecular weight is 857 g/mol. The van der Waals surface area contributed by atoms with Gasteiger partial charge >= 0.3 is 0 Å². The highest BCUT2D eigenvalue weighted by Crippen LogP contribution is 2.50. The zero-order valence-electron chi connectivity index (χ0n) is 36.8. The summed E-state index contributed by atoms with van der Waals surface area (Å²) in [5.41, 5.74) is 15.4. The van der Waals surface area contributed by atoms with Crippen molar-refractivity contribution in [2.75, 3.05) is 0 Å². The summed E-state index contributed by atoms with van der Waals surface area (Å²) in [6, 6.07) is 73.8. The van der Waals surface area contributed by atoms with Crippen molar-refractivity contribution in [2.45, 2.75) is 19.3 Å². The summed E-state index contributed by atoms with van der Waals surface area (Å²) in [4.78, 5) is 16.0. The standard InChI is InChI=1S/C62H40N4O/c1-62(2)52-27-10-8-19-46(52)47-32-29-39(35-53(47)62)41-21-12-23-44-43(41)22-13-24-45(44)50-25-14-26-51-57-42-18-7-6-15-37(42)31-34-54(57)66(58(50)51)61-64-59(38-16-4-3-5-17-38)63-60(65-61)40-30-33-49-48-20-9-11-28-55(48)67-56(49)36-40/h3-36H,1-2H3. The number of nitrogens with zero attached hydrogens (tertiary/aromatic N) is 4. The maximum atomic E-state index is 6.39. The third-order valence-corrected chi connectivity index (χ3v) is 14.3. The van der Waals surface area contributed by atoms with Crippen molar-refractivity contribution in [1.29, 1.82) is 0 Å². The fraction of sp³-hybridized carbons (Fsp3) is 0.0484. The first kappa shape index (κ1) is 37.7. The number of fused-ring (bicyclic) bond motifs is 12. The Balaban J connectivity index is 1.02. The van der Waals surface area contributed by atoms with Crippen molar-refractivity contribution >= 4 is 65.3 Å². The summed E-state index contributed by atoms with van der Waals surface area (Å²) >= 11 is 0. The molecular weight excluding hydrogens is 817 g/mol. The Kier molecular flexibility index (Phi) is 7.97. The number of benzene rings is 10. The summed E-state index contributed by atoms with van der Waals surface area (Å²) in [6.07, 6.45) is 0.